The predicted octanol–water partition coefficient (Wildman–Crippen LogP) is 1.15. The van der Waals surface area contributed by atoms with Gasteiger partial charge in [0.05, 0.1) is 11.9 Å². The predicted molar refractivity (Wildman–Crippen MR) is 85.1 cm³/mol. The third-order valence-corrected chi connectivity index (χ3v) is 4.46. The highest BCUT2D eigenvalue weighted by Crippen LogP contribution is 2.13. The molecular weight excluding hydrogens is 294 g/mol. The van der Waals surface area contributed by atoms with Gasteiger partial charge in [0.15, 0.2) is 0 Å². The summed E-state index contributed by atoms with van der Waals surface area (Å²) in [7, 11) is 0. The fraction of sp³-hybridized carbons (Fsp3) is 0.625. The van der Waals surface area contributed by atoms with Crippen molar-refractivity contribution in [1.82, 2.24) is 24.7 Å². The maximum Gasteiger partial charge on any atom is 0.320 e. The Morgan fingerprint density at radius 1 is 0.826 bits per heavy atom. The number of amides is 3. The highest BCUT2D eigenvalue weighted by Gasteiger charge is 2.28. The van der Waals surface area contributed by atoms with Crippen LogP contribution in [-0.2, 0) is 0 Å². The largest absolute Gasteiger partial charge is 0.334 e. The Morgan fingerprint density at radius 3 is 2.04 bits per heavy atom. The van der Waals surface area contributed by atoms with Gasteiger partial charge in [0, 0.05) is 45.5 Å². The van der Waals surface area contributed by atoms with E-state index in [0.717, 1.165) is 31.6 Å². The summed E-state index contributed by atoms with van der Waals surface area (Å²) in [6.45, 7) is 5.82. The van der Waals surface area contributed by atoms with E-state index in [9.17, 15) is 9.59 Å². The highest BCUT2D eigenvalue weighted by molar-refractivity contribution is 5.92. The molecule has 7 heteroatoms. The van der Waals surface area contributed by atoms with Crippen molar-refractivity contribution in [2.75, 3.05) is 39.3 Å². The van der Waals surface area contributed by atoms with E-state index in [4.69, 9.17) is 0 Å². The van der Waals surface area contributed by atoms with Gasteiger partial charge >= 0.3 is 6.03 Å². The van der Waals surface area contributed by atoms with Gasteiger partial charge < -0.3 is 14.7 Å². The minimum atomic E-state index is -0.109. The van der Waals surface area contributed by atoms with Crippen molar-refractivity contribution in [3.8, 4) is 0 Å². The van der Waals surface area contributed by atoms with E-state index >= 15 is 0 Å². The van der Waals surface area contributed by atoms with Gasteiger partial charge in [-0.3, -0.25) is 9.78 Å². The van der Waals surface area contributed by atoms with Crippen molar-refractivity contribution >= 4 is 11.9 Å². The number of likely N-dealkylation sites (tertiary alicyclic amines) is 1. The van der Waals surface area contributed by atoms with Crippen molar-refractivity contribution in [2.24, 2.45) is 0 Å². The smallest absolute Gasteiger partial charge is 0.320 e. The Labute approximate surface area is 136 Å². The summed E-state index contributed by atoms with van der Waals surface area (Å²) in [4.78, 5) is 38.7. The van der Waals surface area contributed by atoms with Crippen LogP contribution in [0.5, 0.6) is 0 Å². The molecule has 2 fully saturated rings. The second-order valence-corrected chi connectivity index (χ2v) is 6.15. The molecule has 0 atom stereocenters. The molecule has 3 rings (SSSR count). The topological polar surface area (TPSA) is 69.6 Å². The first kappa shape index (κ1) is 15.7. The average Bonchev–Trinajstić information content (AvgIpc) is 2.62. The quantitative estimate of drug-likeness (QED) is 0.779. The van der Waals surface area contributed by atoms with E-state index < -0.39 is 0 Å². The normalized spacial score (nSPS) is 18.9. The van der Waals surface area contributed by atoms with Crippen LogP contribution in [0.4, 0.5) is 4.79 Å². The Bertz CT molecular complexity index is 560. The zero-order valence-electron chi connectivity index (χ0n) is 13.6. The van der Waals surface area contributed by atoms with E-state index in [1.807, 2.05) is 16.7 Å². The zero-order chi connectivity index (χ0) is 16.2. The van der Waals surface area contributed by atoms with Crippen LogP contribution in [0.15, 0.2) is 12.4 Å². The van der Waals surface area contributed by atoms with Gasteiger partial charge in [-0.15, -0.1) is 0 Å². The lowest BCUT2D eigenvalue weighted by Gasteiger charge is -2.38. The molecule has 0 unspecified atom stereocenters. The lowest BCUT2D eigenvalue weighted by atomic mass is 10.1. The van der Waals surface area contributed by atoms with Crippen molar-refractivity contribution in [3.05, 3.63) is 23.8 Å². The summed E-state index contributed by atoms with van der Waals surface area (Å²) in [5.41, 5.74) is 1.16. The number of hydrogen-bond donors (Lipinski definition) is 0. The van der Waals surface area contributed by atoms with Gasteiger partial charge in [-0.1, -0.05) is 0 Å². The Hall–Kier alpha value is -2.18. The van der Waals surface area contributed by atoms with E-state index in [1.54, 1.807) is 11.1 Å². The number of piperidine rings is 1. The maximum absolute atomic E-state index is 12.5. The Morgan fingerprint density at radius 2 is 1.43 bits per heavy atom. The molecule has 0 aromatic carbocycles. The standard InChI is InChI=1S/C16H23N5O2/c1-13-11-18-14(12-17-13)15(22)19-7-9-21(10-8-19)16(23)20-5-3-2-4-6-20/h11-12H,2-10H2,1H3. The van der Waals surface area contributed by atoms with Gasteiger partial charge in [0.1, 0.15) is 5.69 Å². The summed E-state index contributed by atoms with van der Waals surface area (Å²) < 4.78 is 0. The lowest BCUT2D eigenvalue weighted by molar-refractivity contribution is 0.0627. The molecule has 3 heterocycles. The molecular formula is C16H23N5O2. The molecule has 23 heavy (non-hydrogen) atoms. The summed E-state index contributed by atoms with van der Waals surface area (Å²) in [6, 6.07) is 0.118. The number of aromatic nitrogens is 2. The van der Waals surface area contributed by atoms with E-state index in [-0.39, 0.29) is 11.9 Å². The molecule has 2 saturated heterocycles. The first-order valence-corrected chi connectivity index (χ1v) is 8.27. The summed E-state index contributed by atoms with van der Waals surface area (Å²) >= 11 is 0. The maximum atomic E-state index is 12.5. The molecule has 0 bridgehead atoms. The summed E-state index contributed by atoms with van der Waals surface area (Å²) in [5, 5.41) is 0. The van der Waals surface area contributed by atoms with Crippen LogP contribution < -0.4 is 0 Å². The number of nitrogens with zero attached hydrogens (tertiary/aromatic N) is 5. The Kier molecular flexibility index (Phi) is 4.73. The third kappa shape index (κ3) is 3.60. The minimum Gasteiger partial charge on any atom is -0.334 e. The minimum absolute atomic E-state index is 0.109. The molecule has 3 amide bonds. The first-order chi connectivity index (χ1) is 11.1. The van der Waals surface area contributed by atoms with Gasteiger partial charge in [-0.05, 0) is 26.2 Å². The highest BCUT2D eigenvalue weighted by atomic mass is 16.2. The molecule has 0 saturated carbocycles. The molecule has 1 aromatic rings. The van der Waals surface area contributed by atoms with Crippen molar-refractivity contribution in [3.63, 3.8) is 0 Å². The summed E-state index contributed by atoms with van der Waals surface area (Å²) in [6.07, 6.45) is 6.52. The van der Waals surface area contributed by atoms with Gasteiger partial charge in [-0.25, -0.2) is 9.78 Å². The van der Waals surface area contributed by atoms with Gasteiger partial charge in [0.2, 0.25) is 0 Å². The molecule has 0 aliphatic carbocycles. The van der Waals surface area contributed by atoms with Crippen LogP contribution in [0.25, 0.3) is 0 Å². The zero-order valence-corrected chi connectivity index (χ0v) is 13.6. The molecule has 0 spiro atoms. The SMILES string of the molecule is Cc1cnc(C(=O)N2CCN(C(=O)N3CCCCC3)CC2)cn1. The molecule has 124 valence electrons. The number of carbonyl (C=O) groups excluding carboxylic acids is 2. The second kappa shape index (κ2) is 6.93. The fourth-order valence-corrected chi connectivity index (χ4v) is 3.05. The second-order valence-electron chi connectivity index (χ2n) is 6.15. The van der Waals surface area contributed by atoms with Crippen molar-refractivity contribution in [2.45, 2.75) is 26.2 Å². The van der Waals surface area contributed by atoms with Gasteiger partial charge in [-0.2, -0.15) is 0 Å². The van der Waals surface area contributed by atoms with Gasteiger partial charge in [0.25, 0.3) is 5.91 Å². The number of piperazine rings is 1. The Balaban J connectivity index is 1.54. The third-order valence-electron chi connectivity index (χ3n) is 4.46. The molecule has 2 aliphatic heterocycles. The van der Waals surface area contributed by atoms with Crippen LogP contribution in [0.1, 0.15) is 35.4 Å². The van der Waals surface area contributed by atoms with E-state index in [0.29, 0.717) is 31.9 Å². The number of carbonyl (C=O) groups is 2. The summed E-state index contributed by atoms with van der Waals surface area (Å²) in [5.74, 6) is -0.109. The molecule has 7 nitrogen and oxygen atoms in total. The monoisotopic (exact) mass is 317 g/mol. The van der Waals surface area contributed by atoms with Crippen LogP contribution in [-0.4, -0.2) is 75.9 Å². The number of rotatable bonds is 1. The lowest BCUT2D eigenvalue weighted by Crippen LogP contribution is -2.54. The molecule has 2 aliphatic rings. The first-order valence-electron chi connectivity index (χ1n) is 8.27. The van der Waals surface area contributed by atoms with Crippen molar-refractivity contribution in [1.29, 1.82) is 0 Å². The average molecular weight is 317 g/mol. The van der Waals surface area contributed by atoms with Crippen molar-refractivity contribution < 1.29 is 9.59 Å². The van der Waals surface area contributed by atoms with Crippen LogP contribution in [0.2, 0.25) is 0 Å². The molecule has 0 radical (unpaired) electrons. The molecule has 0 N–H and O–H groups in total. The van der Waals surface area contributed by atoms with E-state index in [2.05, 4.69) is 9.97 Å². The van der Waals surface area contributed by atoms with Crippen LogP contribution in [0, 0.1) is 6.92 Å². The number of aryl methyl sites for hydroxylation is 1. The fourth-order valence-electron chi connectivity index (χ4n) is 3.05. The number of hydrogen-bond acceptors (Lipinski definition) is 4. The number of urea groups is 1. The van der Waals surface area contributed by atoms with Crippen LogP contribution in [0.3, 0.4) is 0 Å². The van der Waals surface area contributed by atoms with E-state index in [1.165, 1.54) is 12.6 Å². The molecule has 1 aromatic heterocycles. The van der Waals surface area contributed by atoms with Crippen LogP contribution >= 0.6 is 0 Å².